The van der Waals surface area contributed by atoms with Gasteiger partial charge in [0.15, 0.2) is 0 Å². The number of nitrogens with one attached hydrogen (secondary N) is 1. The molecule has 0 bridgehead atoms. The summed E-state index contributed by atoms with van der Waals surface area (Å²) in [6.07, 6.45) is -5.08. The van der Waals surface area contributed by atoms with Crippen molar-refractivity contribution < 1.29 is 44.6 Å². The molecule has 0 radical (unpaired) electrons. The van der Waals surface area contributed by atoms with Crippen molar-refractivity contribution in [3.05, 3.63) is 24.3 Å². The maximum Gasteiger partial charge on any atom is 0.490 e. The quantitative estimate of drug-likeness (QED) is 0.372. The summed E-state index contributed by atoms with van der Waals surface area (Å²) in [5.41, 5.74) is 0. The zero-order valence-corrected chi connectivity index (χ0v) is 22.7. The Morgan fingerprint density at radius 3 is 1.97 bits per heavy atom. The minimum absolute atomic E-state index is 0.0815. The van der Waals surface area contributed by atoms with Gasteiger partial charge >= 0.3 is 12.1 Å². The molecular formula is C21H35F3N4O7S2. The molecule has 1 aromatic carbocycles. The number of ether oxygens (including phenoxy) is 1. The van der Waals surface area contributed by atoms with Gasteiger partial charge in [0.05, 0.1) is 17.8 Å². The van der Waals surface area contributed by atoms with Crippen LogP contribution in [0.5, 0.6) is 5.75 Å². The molecular weight excluding hydrogens is 541 g/mol. The number of piperazine rings is 1. The summed E-state index contributed by atoms with van der Waals surface area (Å²) in [6.45, 7) is 8.34. The predicted octanol–water partition coefficient (Wildman–Crippen LogP) is 0.896. The number of likely N-dealkylation sites (N-methyl/N-ethyl adjacent to an activating group) is 1. The molecule has 1 heterocycles. The Balaban J connectivity index is 0.000000856. The molecule has 0 aliphatic carbocycles. The van der Waals surface area contributed by atoms with Gasteiger partial charge in [-0.2, -0.15) is 21.8 Å². The maximum atomic E-state index is 13.3. The molecule has 0 spiro atoms. The second-order valence-corrected chi connectivity index (χ2v) is 11.9. The lowest BCUT2D eigenvalue weighted by Crippen LogP contribution is -2.49. The fourth-order valence-electron chi connectivity index (χ4n) is 3.31. The standard InChI is InChI=1S/C19H34N4O5S2.C2HF3O2/c1-4-21(5-2)14-15-23(16-17-29(24,25)22-12-10-20-11-13-22)30(26,27)19-8-6-18(28-3)7-9-19;3-2(4,5)1(6)7/h6-9,20H,4-5,10-17H2,1-3H3;(H,6,7). The van der Waals surface area contributed by atoms with Crippen LogP contribution in [-0.4, -0.2) is 119 Å². The average molecular weight is 577 g/mol. The van der Waals surface area contributed by atoms with E-state index in [1.165, 1.54) is 27.9 Å². The number of aliphatic carboxylic acids is 1. The van der Waals surface area contributed by atoms with Gasteiger partial charge in [-0.3, -0.25) is 0 Å². The second kappa shape index (κ2) is 14.8. The third-order valence-corrected chi connectivity index (χ3v) is 9.33. The first-order valence-electron chi connectivity index (χ1n) is 11.5. The normalized spacial score (nSPS) is 15.4. The predicted molar refractivity (Wildman–Crippen MR) is 131 cm³/mol. The number of hydrogen-bond acceptors (Lipinski definition) is 8. The first-order valence-corrected chi connectivity index (χ1v) is 14.6. The molecule has 0 saturated carbocycles. The Bertz CT molecular complexity index is 1040. The van der Waals surface area contributed by atoms with Gasteiger partial charge in [-0.05, 0) is 37.4 Å². The Kier molecular flexibility index (Phi) is 13.2. The van der Waals surface area contributed by atoms with E-state index in [2.05, 4.69) is 10.2 Å². The maximum absolute atomic E-state index is 13.3. The molecule has 1 aliphatic heterocycles. The van der Waals surface area contributed by atoms with E-state index in [1.54, 1.807) is 12.1 Å². The SMILES string of the molecule is CCN(CC)CCN(CCS(=O)(=O)N1CCNCC1)S(=O)(=O)c1ccc(OC)cc1.O=C(O)C(F)(F)F. The summed E-state index contributed by atoms with van der Waals surface area (Å²) in [7, 11) is -5.85. The third-order valence-electron chi connectivity index (χ3n) is 5.57. The number of alkyl halides is 3. The Morgan fingerprint density at radius 2 is 1.54 bits per heavy atom. The van der Waals surface area contributed by atoms with Crippen LogP contribution >= 0.6 is 0 Å². The zero-order valence-electron chi connectivity index (χ0n) is 21.1. The third kappa shape index (κ3) is 10.7. The Labute approximate surface area is 216 Å². The van der Waals surface area contributed by atoms with E-state index in [4.69, 9.17) is 14.6 Å². The minimum Gasteiger partial charge on any atom is -0.497 e. The minimum atomic E-state index is -5.08. The van der Waals surface area contributed by atoms with E-state index in [0.29, 0.717) is 38.5 Å². The van der Waals surface area contributed by atoms with Gasteiger partial charge in [-0.1, -0.05) is 13.8 Å². The van der Waals surface area contributed by atoms with E-state index in [-0.39, 0.29) is 23.7 Å². The van der Waals surface area contributed by atoms with Crippen molar-refractivity contribution in [1.29, 1.82) is 0 Å². The Hall–Kier alpha value is -1.98. The summed E-state index contributed by atoms with van der Waals surface area (Å²) < 4.78 is 91.6. The fraction of sp³-hybridized carbons (Fsp3) is 0.667. The van der Waals surface area contributed by atoms with Gasteiger partial charge in [-0.25, -0.2) is 21.6 Å². The van der Waals surface area contributed by atoms with E-state index in [9.17, 15) is 30.0 Å². The Morgan fingerprint density at radius 1 is 1.03 bits per heavy atom. The number of hydrogen-bond donors (Lipinski definition) is 2. The number of sulfonamides is 2. The van der Waals surface area contributed by atoms with Gasteiger partial charge in [0.25, 0.3) is 0 Å². The molecule has 16 heteroatoms. The number of nitrogens with zero attached hydrogens (tertiary/aromatic N) is 3. The fourth-order valence-corrected chi connectivity index (χ4v) is 6.31. The summed E-state index contributed by atoms with van der Waals surface area (Å²) in [4.78, 5) is 11.1. The van der Waals surface area contributed by atoms with Gasteiger partial charge in [0, 0.05) is 45.8 Å². The highest BCUT2D eigenvalue weighted by Crippen LogP contribution is 2.20. The number of benzene rings is 1. The molecule has 37 heavy (non-hydrogen) atoms. The first-order chi connectivity index (χ1) is 17.2. The van der Waals surface area contributed by atoms with Crippen LogP contribution in [0.3, 0.4) is 0 Å². The van der Waals surface area contributed by atoms with Crippen molar-refractivity contribution in [3.63, 3.8) is 0 Å². The molecule has 214 valence electrons. The molecule has 2 rings (SSSR count). The number of rotatable bonds is 12. The van der Waals surface area contributed by atoms with Crippen LogP contribution in [0.1, 0.15) is 13.8 Å². The average Bonchev–Trinajstić information content (AvgIpc) is 2.86. The van der Waals surface area contributed by atoms with E-state index < -0.39 is 32.2 Å². The molecule has 0 aromatic heterocycles. The number of halogens is 3. The number of carboxylic acid groups (broad SMARTS) is 1. The van der Waals surface area contributed by atoms with Crippen molar-refractivity contribution in [1.82, 2.24) is 18.8 Å². The lowest BCUT2D eigenvalue weighted by Gasteiger charge is -2.29. The summed E-state index contributed by atoms with van der Waals surface area (Å²) in [5, 5.41) is 10.2. The lowest BCUT2D eigenvalue weighted by molar-refractivity contribution is -0.192. The highest BCUT2D eigenvalue weighted by molar-refractivity contribution is 7.90. The molecule has 0 atom stereocenters. The van der Waals surface area contributed by atoms with Crippen molar-refractivity contribution in [3.8, 4) is 5.75 Å². The second-order valence-electron chi connectivity index (χ2n) is 7.87. The zero-order chi connectivity index (χ0) is 28.3. The van der Waals surface area contributed by atoms with E-state index in [0.717, 1.165) is 13.1 Å². The lowest BCUT2D eigenvalue weighted by atomic mass is 10.3. The van der Waals surface area contributed by atoms with Crippen molar-refractivity contribution in [2.75, 3.05) is 71.8 Å². The number of methoxy groups -OCH3 is 1. The van der Waals surface area contributed by atoms with E-state index in [1.807, 2.05) is 13.8 Å². The van der Waals surface area contributed by atoms with Gasteiger partial charge in [0.2, 0.25) is 20.0 Å². The first kappa shape index (κ1) is 33.0. The summed E-state index contributed by atoms with van der Waals surface area (Å²) in [6, 6.07) is 6.16. The largest absolute Gasteiger partial charge is 0.497 e. The smallest absolute Gasteiger partial charge is 0.490 e. The van der Waals surface area contributed by atoms with Gasteiger partial charge in [-0.15, -0.1) is 0 Å². The number of carboxylic acids is 1. The summed E-state index contributed by atoms with van der Waals surface area (Å²) >= 11 is 0. The van der Waals surface area contributed by atoms with Crippen LogP contribution < -0.4 is 10.1 Å². The van der Waals surface area contributed by atoms with Crippen molar-refractivity contribution in [2.24, 2.45) is 0 Å². The molecule has 1 aromatic rings. The van der Waals surface area contributed by atoms with Crippen molar-refractivity contribution >= 4 is 26.0 Å². The molecule has 0 amide bonds. The van der Waals surface area contributed by atoms with Gasteiger partial charge in [0.1, 0.15) is 5.75 Å². The highest BCUT2D eigenvalue weighted by atomic mass is 32.2. The number of carbonyl (C=O) groups is 1. The molecule has 1 fully saturated rings. The highest BCUT2D eigenvalue weighted by Gasteiger charge is 2.38. The van der Waals surface area contributed by atoms with Crippen LogP contribution in [0.15, 0.2) is 29.2 Å². The molecule has 1 aliphatic rings. The molecule has 0 unspecified atom stereocenters. The van der Waals surface area contributed by atoms with Gasteiger partial charge < -0.3 is 20.1 Å². The van der Waals surface area contributed by atoms with Crippen LogP contribution in [0.25, 0.3) is 0 Å². The van der Waals surface area contributed by atoms with E-state index >= 15 is 0 Å². The molecule has 11 nitrogen and oxygen atoms in total. The molecule has 1 saturated heterocycles. The summed E-state index contributed by atoms with van der Waals surface area (Å²) in [5.74, 6) is -2.43. The molecule has 2 N–H and O–H groups in total. The van der Waals surface area contributed by atoms with Crippen LogP contribution in [-0.2, 0) is 24.8 Å². The van der Waals surface area contributed by atoms with Crippen LogP contribution in [0.4, 0.5) is 13.2 Å². The monoisotopic (exact) mass is 576 g/mol. The van der Waals surface area contributed by atoms with Crippen LogP contribution in [0, 0.1) is 0 Å². The topological polar surface area (TPSA) is 137 Å². The van der Waals surface area contributed by atoms with Crippen LogP contribution in [0.2, 0.25) is 0 Å². The van der Waals surface area contributed by atoms with Crippen molar-refractivity contribution in [2.45, 2.75) is 24.9 Å².